The lowest BCUT2D eigenvalue weighted by atomic mass is 10.0. The largest absolute Gasteiger partial charge is 0.325 e. The molecule has 25 heavy (non-hydrogen) atoms. The van der Waals surface area contributed by atoms with Gasteiger partial charge in [-0.25, -0.2) is 0 Å². The number of nitrogens with zero attached hydrogens (tertiary/aromatic N) is 1. The molecule has 0 aromatic heterocycles. The number of anilines is 2. The maximum absolute atomic E-state index is 12.5. The molecular weight excluding hydrogens is 334 g/mol. The second-order valence-corrected chi connectivity index (χ2v) is 8.51. The van der Waals surface area contributed by atoms with Crippen LogP contribution >= 0.6 is 0 Å². The van der Waals surface area contributed by atoms with E-state index in [-0.39, 0.29) is 10.9 Å². The Balaban J connectivity index is 1.65. The minimum absolute atomic E-state index is 0.248. The summed E-state index contributed by atoms with van der Waals surface area (Å²) in [5, 5.41) is 6.28. The molecule has 1 saturated carbocycles. The Hall–Kier alpha value is -2.34. The normalized spacial score (nSPS) is 18.3. The van der Waals surface area contributed by atoms with Crippen LogP contribution in [-0.2, 0) is 10.0 Å². The first-order chi connectivity index (χ1) is 11.9. The van der Waals surface area contributed by atoms with E-state index in [1.165, 1.54) is 5.56 Å². The summed E-state index contributed by atoms with van der Waals surface area (Å²) in [7, 11) is -3.70. The van der Waals surface area contributed by atoms with Crippen molar-refractivity contribution < 1.29 is 8.42 Å². The van der Waals surface area contributed by atoms with Gasteiger partial charge in [-0.3, -0.25) is 0 Å². The fraction of sp³-hybridized carbons (Fsp3) is 0.316. The zero-order valence-corrected chi connectivity index (χ0v) is 15.1. The summed E-state index contributed by atoms with van der Waals surface area (Å²) >= 11 is 0. The first-order valence-corrected chi connectivity index (χ1v) is 10.00. The zero-order chi connectivity index (χ0) is 17.6. The Kier molecular flexibility index (Phi) is 3.80. The van der Waals surface area contributed by atoms with Crippen LogP contribution in [0.5, 0.6) is 0 Å². The fourth-order valence-electron chi connectivity index (χ4n) is 3.08. The molecule has 0 bridgehead atoms. The van der Waals surface area contributed by atoms with E-state index in [9.17, 15) is 8.42 Å². The number of benzene rings is 2. The molecule has 1 heterocycles. The molecule has 4 rings (SSSR count). The van der Waals surface area contributed by atoms with Gasteiger partial charge in [-0.1, -0.05) is 38.1 Å². The maximum atomic E-state index is 12.5. The van der Waals surface area contributed by atoms with Gasteiger partial charge in [0.1, 0.15) is 4.90 Å². The predicted molar refractivity (Wildman–Crippen MR) is 101 cm³/mol. The summed E-state index contributed by atoms with van der Waals surface area (Å²) in [4.78, 5) is 0.262. The van der Waals surface area contributed by atoms with E-state index in [1.54, 1.807) is 12.1 Å². The van der Waals surface area contributed by atoms with E-state index in [1.807, 2.05) is 30.3 Å². The van der Waals surface area contributed by atoms with Gasteiger partial charge in [-0.2, -0.15) is 8.42 Å². The monoisotopic (exact) mass is 355 g/mol. The Labute approximate surface area is 148 Å². The average molecular weight is 355 g/mol. The third-order valence-electron chi connectivity index (χ3n) is 4.65. The van der Waals surface area contributed by atoms with Crippen molar-refractivity contribution in [3.05, 3.63) is 53.6 Å². The lowest BCUT2D eigenvalue weighted by Crippen LogP contribution is -2.28. The number of hydrogen-bond acceptors (Lipinski definition) is 4. The van der Waals surface area contributed by atoms with Gasteiger partial charge in [0.25, 0.3) is 10.0 Å². The highest BCUT2D eigenvalue weighted by Crippen LogP contribution is 2.46. The van der Waals surface area contributed by atoms with Gasteiger partial charge in [0.05, 0.1) is 5.69 Å². The number of hydrogen-bond donors (Lipinski definition) is 2. The third-order valence-corrected chi connectivity index (χ3v) is 5.97. The highest BCUT2D eigenvalue weighted by Gasteiger charge is 2.32. The Morgan fingerprint density at radius 1 is 1.12 bits per heavy atom. The van der Waals surface area contributed by atoms with Crippen LogP contribution in [-0.4, -0.2) is 14.4 Å². The summed E-state index contributed by atoms with van der Waals surface area (Å²) in [6.07, 6.45) is 2.21. The van der Waals surface area contributed by atoms with Crippen LogP contribution in [0.15, 0.2) is 51.8 Å². The zero-order valence-electron chi connectivity index (χ0n) is 14.3. The van der Waals surface area contributed by atoms with E-state index in [2.05, 4.69) is 28.9 Å². The highest BCUT2D eigenvalue weighted by molar-refractivity contribution is 7.90. The smallest absolute Gasteiger partial charge is 0.287 e. The van der Waals surface area contributed by atoms with Crippen LogP contribution in [0.1, 0.15) is 49.7 Å². The van der Waals surface area contributed by atoms with Crippen molar-refractivity contribution in [2.75, 3.05) is 10.6 Å². The maximum Gasteiger partial charge on any atom is 0.287 e. The van der Waals surface area contributed by atoms with Gasteiger partial charge in [0, 0.05) is 5.69 Å². The lowest BCUT2D eigenvalue weighted by Gasteiger charge is -2.22. The molecule has 6 heteroatoms. The van der Waals surface area contributed by atoms with E-state index >= 15 is 0 Å². The SMILES string of the molecule is CC(C)c1ccc(NC2=NS(=O)(=O)c3cccc(C4CC4)c3N2)cc1. The number of sulfonamides is 1. The molecule has 1 fully saturated rings. The van der Waals surface area contributed by atoms with Crippen LogP contribution in [0.25, 0.3) is 0 Å². The van der Waals surface area contributed by atoms with Crippen molar-refractivity contribution >= 4 is 27.4 Å². The highest BCUT2D eigenvalue weighted by atomic mass is 32.2. The Morgan fingerprint density at radius 3 is 2.48 bits per heavy atom. The van der Waals surface area contributed by atoms with Crippen LogP contribution < -0.4 is 10.6 Å². The standard InChI is InChI=1S/C19H21N3O2S/c1-12(2)13-8-10-15(11-9-13)20-19-21-18-16(14-6-7-14)4-3-5-17(18)25(23,24)22-19/h3-5,8-12,14H,6-7H2,1-2H3,(H2,20,21,22). The summed E-state index contributed by atoms with van der Waals surface area (Å²) in [6, 6.07) is 13.4. The third kappa shape index (κ3) is 3.14. The van der Waals surface area contributed by atoms with Gasteiger partial charge >= 0.3 is 0 Å². The molecule has 0 unspecified atom stereocenters. The van der Waals surface area contributed by atoms with Crippen molar-refractivity contribution in [3.63, 3.8) is 0 Å². The molecule has 0 saturated heterocycles. The van der Waals surface area contributed by atoms with Crippen LogP contribution in [0.4, 0.5) is 11.4 Å². The minimum atomic E-state index is -3.70. The number of guanidine groups is 1. The minimum Gasteiger partial charge on any atom is -0.325 e. The molecule has 130 valence electrons. The van der Waals surface area contributed by atoms with Gasteiger partial charge in [-0.15, -0.1) is 4.40 Å². The summed E-state index contributed by atoms with van der Waals surface area (Å²) < 4.78 is 29.0. The number of para-hydroxylation sites is 1. The van der Waals surface area contributed by atoms with Crippen LogP contribution in [0.2, 0.25) is 0 Å². The number of nitrogens with one attached hydrogen (secondary N) is 2. The molecule has 2 aromatic rings. The van der Waals surface area contributed by atoms with Crippen molar-refractivity contribution in [3.8, 4) is 0 Å². The first kappa shape index (κ1) is 16.1. The molecule has 2 N–H and O–H groups in total. The second-order valence-electron chi connectivity index (χ2n) is 6.94. The molecule has 1 aliphatic heterocycles. The Morgan fingerprint density at radius 2 is 1.84 bits per heavy atom. The molecule has 0 atom stereocenters. The molecule has 0 spiro atoms. The quantitative estimate of drug-likeness (QED) is 0.862. The molecule has 2 aliphatic rings. The van der Waals surface area contributed by atoms with Gasteiger partial charge in [0.2, 0.25) is 5.96 Å². The molecule has 1 aliphatic carbocycles. The first-order valence-electron chi connectivity index (χ1n) is 8.56. The summed E-state index contributed by atoms with van der Waals surface area (Å²) in [5.74, 6) is 1.15. The molecule has 0 radical (unpaired) electrons. The van der Waals surface area contributed by atoms with E-state index in [4.69, 9.17) is 0 Å². The molecule has 2 aromatic carbocycles. The lowest BCUT2D eigenvalue weighted by molar-refractivity contribution is 0.597. The molecule has 5 nitrogen and oxygen atoms in total. The van der Waals surface area contributed by atoms with Crippen LogP contribution in [0.3, 0.4) is 0 Å². The summed E-state index contributed by atoms with van der Waals surface area (Å²) in [6.45, 7) is 4.27. The molecular formula is C19H21N3O2S. The molecule has 0 amide bonds. The number of rotatable bonds is 3. The summed E-state index contributed by atoms with van der Waals surface area (Å²) in [5.41, 5.74) is 3.77. The van der Waals surface area contributed by atoms with Crippen LogP contribution in [0, 0.1) is 0 Å². The van der Waals surface area contributed by atoms with Gasteiger partial charge in [-0.05, 0) is 54.0 Å². The Bertz CT molecular complexity index is 943. The van der Waals surface area contributed by atoms with Crippen molar-refractivity contribution in [2.24, 2.45) is 4.40 Å². The van der Waals surface area contributed by atoms with Crippen molar-refractivity contribution in [1.82, 2.24) is 0 Å². The predicted octanol–water partition coefficient (Wildman–Crippen LogP) is 4.27. The topological polar surface area (TPSA) is 70.6 Å². The van der Waals surface area contributed by atoms with E-state index in [0.29, 0.717) is 17.5 Å². The van der Waals surface area contributed by atoms with E-state index < -0.39 is 10.0 Å². The van der Waals surface area contributed by atoms with Crippen molar-refractivity contribution in [1.29, 1.82) is 0 Å². The van der Waals surface area contributed by atoms with E-state index in [0.717, 1.165) is 24.1 Å². The fourth-order valence-corrected chi connectivity index (χ4v) is 4.19. The average Bonchev–Trinajstić information content (AvgIpc) is 3.39. The number of fused-ring (bicyclic) bond motifs is 1. The van der Waals surface area contributed by atoms with Gasteiger partial charge in [0.15, 0.2) is 0 Å². The van der Waals surface area contributed by atoms with Crippen molar-refractivity contribution in [2.45, 2.75) is 43.4 Å². The second kappa shape index (κ2) is 5.88. The van der Waals surface area contributed by atoms with Gasteiger partial charge < -0.3 is 10.6 Å².